The fraction of sp³-hybridized carbons (Fsp3) is 0.364. The quantitative estimate of drug-likeness (QED) is 0.448. The van der Waals surface area contributed by atoms with Crippen molar-refractivity contribution in [2.45, 2.75) is 46.7 Å². The molecule has 4 rings (SSSR count). The zero-order chi connectivity index (χ0) is 21.1. The number of ether oxygens (including phenoxy) is 1. The standard InChI is InChI=1S/C22H27N7O/c1-5-14(3)29-22-18(24-13-16-9-11-25-27-16)12-17(26-20(22)15(4)28-29)21-19(30-6-2)8-7-10-23-21/h7-12,14H,5-6,13H2,1-4H3,(H,24,26)(H,25,27)/t14-/m0/s1. The molecule has 8 nitrogen and oxygen atoms in total. The molecule has 0 saturated carbocycles. The Balaban J connectivity index is 1.88. The average Bonchev–Trinajstić information content (AvgIpc) is 3.40. The van der Waals surface area contributed by atoms with Crippen molar-refractivity contribution < 1.29 is 4.74 Å². The summed E-state index contributed by atoms with van der Waals surface area (Å²) in [5, 5.41) is 15.4. The van der Waals surface area contributed by atoms with Gasteiger partial charge in [0, 0.05) is 18.4 Å². The predicted octanol–water partition coefficient (Wildman–Crippen LogP) is 4.51. The van der Waals surface area contributed by atoms with E-state index in [-0.39, 0.29) is 6.04 Å². The van der Waals surface area contributed by atoms with Crippen molar-refractivity contribution in [3.8, 4) is 17.1 Å². The Morgan fingerprint density at radius 1 is 1.23 bits per heavy atom. The molecule has 8 heteroatoms. The lowest BCUT2D eigenvalue weighted by molar-refractivity contribution is 0.340. The summed E-state index contributed by atoms with van der Waals surface area (Å²) < 4.78 is 7.86. The fourth-order valence-electron chi connectivity index (χ4n) is 3.46. The first-order chi connectivity index (χ1) is 14.6. The smallest absolute Gasteiger partial charge is 0.147 e. The van der Waals surface area contributed by atoms with Crippen LogP contribution in [0.25, 0.3) is 22.4 Å². The van der Waals surface area contributed by atoms with Gasteiger partial charge in [-0.2, -0.15) is 10.2 Å². The van der Waals surface area contributed by atoms with E-state index in [0.29, 0.717) is 13.2 Å². The van der Waals surface area contributed by atoms with E-state index in [0.717, 1.165) is 51.7 Å². The first kappa shape index (κ1) is 19.9. The number of aromatic amines is 1. The molecule has 0 aliphatic rings. The van der Waals surface area contributed by atoms with Crippen LogP contribution >= 0.6 is 0 Å². The van der Waals surface area contributed by atoms with Gasteiger partial charge in [-0.15, -0.1) is 0 Å². The Bertz CT molecular complexity index is 1130. The highest BCUT2D eigenvalue weighted by molar-refractivity contribution is 5.92. The molecular formula is C22H27N7O. The lowest BCUT2D eigenvalue weighted by Gasteiger charge is -2.16. The van der Waals surface area contributed by atoms with Crippen molar-refractivity contribution in [3.05, 3.63) is 48.0 Å². The normalized spacial score (nSPS) is 12.3. The van der Waals surface area contributed by atoms with Gasteiger partial charge in [0.1, 0.15) is 22.5 Å². The van der Waals surface area contributed by atoms with Crippen LogP contribution in [0.4, 0.5) is 5.69 Å². The lowest BCUT2D eigenvalue weighted by atomic mass is 10.1. The van der Waals surface area contributed by atoms with Gasteiger partial charge in [0.2, 0.25) is 0 Å². The summed E-state index contributed by atoms with van der Waals surface area (Å²) in [6.07, 6.45) is 4.49. The van der Waals surface area contributed by atoms with Gasteiger partial charge in [-0.1, -0.05) is 6.92 Å². The number of aromatic nitrogens is 6. The molecule has 0 radical (unpaired) electrons. The number of H-pyrrole nitrogens is 1. The van der Waals surface area contributed by atoms with Crippen LogP contribution in [-0.4, -0.2) is 36.6 Å². The third-order valence-corrected chi connectivity index (χ3v) is 5.17. The first-order valence-electron chi connectivity index (χ1n) is 10.3. The van der Waals surface area contributed by atoms with Crippen molar-refractivity contribution in [3.63, 3.8) is 0 Å². The van der Waals surface area contributed by atoms with E-state index in [1.54, 1.807) is 12.4 Å². The Kier molecular flexibility index (Phi) is 5.65. The van der Waals surface area contributed by atoms with Gasteiger partial charge < -0.3 is 10.1 Å². The van der Waals surface area contributed by atoms with E-state index in [2.05, 4.69) is 39.0 Å². The van der Waals surface area contributed by atoms with Gasteiger partial charge in [-0.3, -0.25) is 14.8 Å². The Morgan fingerprint density at radius 2 is 2.10 bits per heavy atom. The summed E-state index contributed by atoms with van der Waals surface area (Å²) in [6, 6.07) is 8.04. The molecule has 4 aromatic rings. The summed E-state index contributed by atoms with van der Waals surface area (Å²) in [5.74, 6) is 0.721. The molecule has 4 aromatic heterocycles. The maximum absolute atomic E-state index is 5.80. The Hall–Kier alpha value is -3.42. The van der Waals surface area contributed by atoms with Gasteiger partial charge in [0.15, 0.2) is 0 Å². The van der Waals surface area contributed by atoms with E-state index in [1.165, 1.54) is 0 Å². The van der Waals surface area contributed by atoms with Crippen molar-refractivity contribution >= 4 is 16.7 Å². The van der Waals surface area contributed by atoms with Gasteiger partial charge in [-0.05, 0) is 51.5 Å². The van der Waals surface area contributed by atoms with Gasteiger partial charge in [0.25, 0.3) is 0 Å². The SMILES string of the molecule is CCOc1cccnc1-c1cc(NCc2ccn[nH]2)c2c(n1)c(C)nn2[C@@H](C)CC. The van der Waals surface area contributed by atoms with Crippen LogP contribution in [0.5, 0.6) is 5.75 Å². The van der Waals surface area contributed by atoms with E-state index in [9.17, 15) is 0 Å². The molecule has 0 unspecified atom stereocenters. The highest BCUT2D eigenvalue weighted by Crippen LogP contribution is 2.34. The third-order valence-electron chi connectivity index (χ3n) is 5.17. The second kappa shape index (κ2) is 8.52. The van der Waals surface area contributed by atoms with Crippen LogP contribution in [0.2, 0.25) is 0 Å². The van der Waals surface area contributed by atoms with Crippen LogP contribution in [0.15, 0.2) is 36.7 Å². The Labute approximate surface area is 175 Å². The number of aryl methyl sites for hydroxylation is 1. The Morgan fingerprint density at radius 3 is 2.83 bits per heavy atom. The maximum Gasteiger partial charge on any atom is 0.147 e. The number of nitrogens with one attached hydrogen (secondary N) is 2. The summed E-state index contributed by atoms with van der Waals surface area (Å²) >= 11 is 0. The summed E-state index contributed by atoms with van der Waals surface area (Å²) in [6.45, 7) is 9.48. The first-order valence-corrected chi connectivity index (χ1v) is 10.3. The van der Waals surface area contributed by atoms with E-state index < -0.39 is 0 Å². The second-order valence-corrected chi connectivity index (χ2v) is 7.26. The van der Waals surface area contributed by atoms with Gasteiger partial charge in [0.05, 0.1) is 35.9 Å². The number of pyridine rings is 2. The van der Waals surface area contributed by atoms with E-state index >= 15 is 0 Å². The summed E-state index contributed by atoms with van der Waals surface area (Å²) in [5.41, 5.74) is 6.20. The number of fused-ring (bicyclic) bond motifs is 1. The third kappa shape index (κ3) is 3.72. The minimum atomic E-state index is 0.260. The number of rotatable bonds is 8. The van der Waals surface area contributed by atoms with E-state index in [4.69, 9.17) is 14.8 Å². The van der Waals surface area contributed by atoms with Gasteiger partial charge >= 0.3 is 0 Å². The van der Waals surface area contributed by atoms with Crippen molar-refractivity contribution in [2.24, 2.45) is 0 Å². The molecular weight excluding hydrogens is 378 g/mol. The summed E-state index contributed by atoms with van der Waals surface area (Å²) in [7, 11) is 0. The molecule has 0 aliphatic heterocycles. The molecule has 156 valence electrons. The molecule has 30 heavy (non-hydrogen) atoms. The predicted molar refractivity (Wildman–Crippen MR) is 118 cm³/mol. The molecule has 0 aromatic carbocycles. The molecule has 0 spiro atoms. The summed E-state index contributed by atoms with van der Waals surface area (Å²) in [4.78, 5) is 9.50. The topological polar surface area (TPSA) is 93.5 Å². The fourth-order valence-corrected chi connectivity index (χ4v) is 3.46. The molecule has 1 atom stereocenters. The number of anilines is 1. The zero-order valence-corrected chi connectivity index (χ0v) is 17.8. The molecule has 0 amide bonds. The minimum Gasteiger partial charge on any atom is -0.492 e. The molecule has 0 bridgehead atoms. The zero-order valence-electron chi connectivity index (χ0n) is 17.8. The average molecular weight is 406 g/mol. The number of hydrogen-bond donors (Lipinski definition) is 2. The highest BCUT2D eigenvalue weighted by atomic mass is 16.5. The number of nitrogens with zero attached hydrogens (tertiary/aromatic N) is 5. The van der Waals surface area contributed by atoms with Gasteiger partial charge in [-0.25, -0.2) is 4.98 Å². The maximum atomic E-state index is 5.80. The lowest BCUT2D eigenvalue weighted by Crippen LogP contribution is -2.09. The van der Waals surface area contributed by atoms with Crippen LogP contribution in [0, 0.1) is 6.92 Å². The molecule has 0 fully saturated rings. The van der Waals surface area contributed by atoms with Crippen molar-refractivity contribution in [1.29, 1.82) is 0 Å². The van der Waals surface area contributed by atoms with Crippen LogP contribution in [0.3, 0.4) is 0 Å². The molecule has 0 saturated heterocycles. The van der Waals surface area contributed by atoms with Crippen LogP contribution < -0.4 is 10.1 Å². The van der Waals surface area contributed by atoms with Crippen LogP contribution in [0.1, 0.15) is 44.6 Å². The second-order valence-electron chi connectivity index (χ2n) is 7.26. The minimum absolute atomic E-state index is 0.260. The molecule has 4 heterocycles. The molecule has 0 aliphatic carbocycles. The van der Waals surface area contributed by atoms with Crippen molar-refractivity contribution in [2.75, 3.05) is 11.9 Å². The number of hydrogen-bond acceptors (Lipinski definition) is 6. The largest absolute Gasteiger partial charge is 0.492 e. The van der Waals surface area contributed by atoms with Crippen LogP contribution in [-0.2, 0) is 6.54 Å². The van der Waals surface area contributed by atoms with E-state index in [1.807, 2.05) is 38.1 Å². The molecule has 2 N–H and O–H groups in total. The highest BCUT2D eigenvalue weighted by Gasteiger charge is 2.20. The van der Waals surface area contributed by atoms with Crippen molar-refractivity contribution in [1.82, 2.24) is 29.9 Å². The monoisotopic (exact) mass is 405 g/mol.